The van der Waals surface area contributed by atoms with Gasteiger partial charge in [0.05, 0.1) is 19.8 Å². The van der Waals surface area contributed by atoms with Gasteiger partial charge >= 0.3 is 5.97 Å². The summed E-state index contributed by atoms with van der Waals surface area (Å²) in [4.78, 5) is 11.8. The highest BCUT2D eigenvalue weighted by atomic mass is 32.1. The lowest BCUT2D eigenvalue weighted by Crippen LogP contribution is -1.99. The molecule has 2 aromatic rings. The van der Waals surface area contributed by atoms with Crippen molar-refractivity contribution in [1.29, 1.82) is 0 Å². The Balaban J connectivity index is 2.07. The monoisotopic (exact) mass is 293 g/mol. The van der Waals surface area contributed by atoms with Crippen molar-refractivity contribution in [2.75, 3.05) is 19.5 Å². The number of thiophene rings is 1. The van der Waals surface area contributed by atoms with Crippen LogP contribution in [0.25, 0.3) is 0 Å². The minimum atomic E-state index is -0.907. The van der Waals surface area contributed by atoms with E-state index in [0.29, 0.717) is 23.6 Å². The van der Waals surface area contributed by atoms with Crippen LogP contribution in [0.5, 0.6) is 11.5 Å². The highest BCUT2D eigenvalue weighted by Gasteiger charge is 2.07. The number of nitrogens with one attached hydrogen (secondary N) is 1. The normalized spacial score (nSPS) is 10.1. The van der Waals surface area contributed by atoms with Crippen molar-refractivity contribution in [1.82, 2.24) is 0 Å². The van der Waals surface area contributed by atoms with Crippen molar-refractivity contribution in [3.63, 3.8) is 0 Å². The molecule has 1 heterocycles. The van der Waals surface area contributed by atoms with Crippen LogP contribution in [0.3, 0.4) is 0 Å². The molecule has 2 N–H and O–H groups in total. The minimum absolute atomic E-state index is 0.315. The first-order valence-corrected chi connectivity index (χ1v) is 6.78. The van der Waals surface area contributed by atoms with E-state index in [1.807, 2.05) is 12.1 Å². The average molecular weight is 293 g/mol. The predicted octanol–water partition coefficient (Wildman–Crippen LogP) is 3.08. The summed E-state index contributed by atoms with van der Waals surface area (Å²) in [6, 6.07) is 7.17. The third-order valence-corrected chi connectivity index (χ3v) is 3.66. The van der Waals surface area contributed by atoms with Gasteiger partial charge in [-0.3, -0.25) is 0 Å². The number of anilines is 1. The molecule has 0 aliphatic carbocycles. The van der Waals surface area contributed by atoms with Crippen LogP contribution in [-0.4, -0.2) is 25.3 Å². The molecule has 0 aliphatic rings. The maximum atomic E-state index is 10.8. The Hall–Kier alpha value is -2.21. The SMILES string of the molecule is COc1cc(NCc2cc(C(=O)O)cs2)cc(OC)c1. The first-order valence-electron chi connectivity index (χ1n) is 5.90. The first kappa shape index (κ1) is 14.2. The van der Waals surface area contributed by atoms with Gasteiger partial charge in [-0.1, -0.05) is 0 Å². The van der Waals surface area contributed by atoms with E-state index >= 15 is 0 Å². The Morgan fingerprint density at radius 3 is 2.35 bits per heavy atom. The van der Waals surface area contributed by atoms with Crippen molar-refractivity contribution < 1.29 is 19.4 Å². The second-order valence-corrected chi connectivity index (χ2v) is 5.06. The fourth-order valence-corrected chi connectivity index (χ4v) is 2.48. The molecule has 6 heteroatoms. The number of benzene rings is 1. The number of carbonyl (C=O) groups is 1. The average Bonchev–Trinajstić information content (AvgIpc) is 2.93. The van der Waals surface area contributed by atoms with Crippen LogP contribution in [0, 0.1) is 0 Å². The van der Waals surface area contributed by atoms with Crippen molar-refractivity contribution >= 4 is 23.0 Å². The maximum absolute atomic E-state index is 10.8. The molecule has 0 bridgehead atoms. The lowest BCUT2D eigenvalue weighted by Gasteiger charge is -2.09. The molecule has 1 aromatic heterocycles. The molecule has 0 fully saturated rings. The molecule has 20 heavy (non-hydrogen) atoms. The molecule has 106 valence electrons. The van der Waals surface area contributed by atoms with Crippen molar-refractivity contribution in [2.45, 2.75) is 6.54 Å². The Morgan fingerprint density at radius 2 is 1.85 bits per heavy atom. The van der Waals surface area contributed by atoms with E-state index in [2.05, 4.69) is 5.32 Å². The molecule has 0 spiro atoms. The van der Waals surface area contributed by atoms with Crippen LogP contribution in [0.2, 0.25) is 0 Å². The maximum Gasteiger partial charge on any atom is 0.336 e. The van der Waals surface area contributed by atoms with Gasteiger partial charge in [0.2, 0.25) is 0 Å². The van der Waals surface area contributed by atoms with Crippen LogP contribution < -0.4 is 14.8 Å². The summed E-state index contributed by atoms with van der Waals surface area (Å²) in [7, 11) is 3.19. The second kappa shape index (κ2) is 6.29. The van der Waals surface area contributed by atoms with Gasteiger partial charge in [-0.15, -0.1) is 11.3 Å². The largest absolute Gasteiger partial charge is 0.497 e. The van der Waals surface area contributed by atoms with E-state index in [1.165, 1.54) is 11.3 Å². The van der Waals surface area contributed by atoms with Gasteiger partial charge in [0.1, 0.15) is 11.5 Å². The number of carboxylic acids is 1. The second-order valence-electron chi connectivity index (χ2n) is 4.06. The highest BCUT2D eigenvalue weighted by Crippen LogP contribution is 2.26. The van der Waals surface area contributed by atoms with Crippen molar-refractivity contribution in [3.8, 4) is 11.5 Å². The van der Waals surface area contributed by atoms with Gasteiger partial charge in [0, 0.05) is 40.7 Å². The standard InChI is InChI=1S/C14H15NO4S/c1-18-11-4-10(5-12(6-11)19-2)15-7-13-3-9(8-20-13)14(16)17/h3-6,8,15H,7H2,1-2H3,(H,16,17). The lowest BCUT2D eigenvalue weighted by atomic mass is 10.2. The van der Waals surface area contributed by atoms with Crippen LogP contribution in [0.4, 0.5) is 5.69 Å². The summed E-state index contributed by atoms with van der Waals surface area (Å²) in [5, 5.41) is 13.7. The molecule has 0 aliphatic heterocycles. The summed E-state index contributed by atoms with van der Waals surface area (Å²) in [5.74, 6) is 0.490. The molecule has 2 rings (SSSR count). The highest BCUT2D eigenvalue weighted by molar-refractivity contribution is 7.10. The van der Waals surface area contributed by atoms with E-state index in [1.54, 1.807) is 31.7 Å². The predicted molar refractivity (Wildman–Crippen MR) is 78.2 cm³/mol. The molecule has 1 aromatic carbocycles. The van der Waals surface area contributed by atoms with E-state index in [4.69, 9.17) is 14.6 Å². The summed E-state index contributed by atoms with van der Waals surface area (Å²) in [6.45, 7) is 0.550. The quantitative estimate of drug-likeness (QED) is 0.856. The van der Waals surface area contributed by atoms with Gasteiger partial charge in [-0.2, -0.15) is 0 Å². The third kappa shape index (κ3) is 3.42. The van der Waals surface area contributed by atoms with Crippen LogP contribution >= 0.6 is 11.3 Å². The van der Waals surface area contributed by atoms with Gasteiger partial charge in [-0.05, 0) is 6.07 Å². The number of methoxy groups -OCH3 is 2. The number of hydrogen-bond donors (Lipinski definition) is 2. The lowest BCUT2D eigenvalue weighted by molar-refractivity contribution is 0.0697. The Morgan fingerprint density at radius 1 is 1.20 bits per heavy atom. The summed E-state index contributed by atoms with van der Waals surface area (Å²) in [5.41, 5.74) is 1.17. The van der Waals surface area contributed by atoms with E-state index in [9.17, 15) is 4.79 Å². The summed E-state index contributed by atoms with van der Waals surface area (Å²) in [6.07, 6.45) is 0. The van der Waals surface area contributed by atoms with E-state index in [0.717, 1.165) is 10.6 Å². The minimum Gasteiger partial charge on any atom is -0.497 e. The molecular formula is C14H15NO4S. The van der Waals surface area contributed by atoms with Crippen LogP contribution in [-0.2, 0) is 6.54 Å². The molecule has 0 saturated heterocycles. The summed E-state index contributed by atoms with van der Waals surface area (Å²) < 4.78 is 10.4. The molecular weight excluding hydrogens is 278 g/mol. The Bertz CT molecular complexity index is 587. The zero-order valence-corrected chi connectivity index (χ0v) is 12.0. The number of hydrogen-bond acceptors (Lipinski definition) is 5. The Labute approximate surface area is 120 Å². The van der Waals surface area contributed by atoms with Gasteiger partial charge in [0.25, 0.3) is 0 Å². The van der Waals surface area contributed by atoms with Gasteiger partial charge in [0.15, 0.2) is 0 Å². The van der Waals surface area contributed by atoms with Gasteiger partial charge in [-0.25, -0.2) is 4.79 Å². The summed E-state index contributed by atoms with van der Waals surface area (Å²) >= 11 is 1.41. The van der Waals surface area contributed by atoms with Crippen molar-refractivity contribution in [2.24, 2.45) is 0 Å². The van der Waals surface area contributed by atoms with E-state index < -0.39 is 5.97 Å². The molecule has 0 radical (unpaired) electrons. The van der Waals surface area contributed by atoms with Crippen LogP contribution in [0.15, 0.2) is 29.6 Å². The molecule has 5 nitrogen and oxygen atoms in total. The Kier molecular flexibility index (Phi) is 4.47. The van der Waals surface area contributed by atoms with Crippen molar-refractivity contribution in [3.05, 3.63) is 40.1 Å². The number of rotatable bonds is 6. The number of carboxylic acid groups (broad SMARTS) is 1. The fourth-order valence-electron chi connectivity index (χ4n) is 1.68. The molecule has 0 saturated carbocycles. The smallest absolute Gasteiger partial charge is 0.336 e. The van der Waals surface area contributed by atoms with Gasteiger partial charge < -0.3 is 19.9 Å². The fraction of sp³-hybridized carbons (Fsp3) is 0.214. The number of ether oxygens (including phenoxy) is 2. The van der Waals surface area contributed by atoms with E-state index in [-0.39, 0.29) is 0 Å². The molecule has 0 atom stereocenters. The number of aromatic carboxylic acids is 1. The van der Waals surface area contributed by atoms with Crippen LogP contribution in [0.1, 0.15) is 15.2 Å². The molecule has 0 unspecified atom stereocenters. The third-order valence-electron chi connectivity index (χ3n) is 2.72. The zero-order valence-electron chi connectivity index (χ0n) is 11.2. The topological polar surface area (TPSA) is 67.8 Å². The molecule has 0 amide bonds. The first-order chi connectivity index (χ1) is 9.62. The zero-order chi connectivity index (χ0) is 14.5.